The molecule has 0 aromatic heterocycles. The highest BCUT2D eigenvalue weighted by Crippen LogP contribution is 2.35. The van der Waals surface area contributed by atoms with Gasteiger partial charge in [-0.15, -0.1) is 0 Å². The first-order chi connectivity index (χ1) is 9.70. The van der Waals surface area contributed by atoms with E-state index in [1.807, 2.05) is 12.1 Å². The smallest absolute Gasteiger partial charge is 0.223 e. The van der Waals surface area contributed by atoms with Crippen molar-refractivity contribution in [2.45, 2.75) is 31.1 Å². The third-order valence-electron chi connectivity index (χ3n) is 4.46. The van der Waals surface area contributed by atoms with Gasteiger partial charge in [0, 0.05) is 31.1 Å². The fourth-order valence-corrected chi connectivity index (χ4v) is 2.88. The standard InChI is InChI=1S/C16H20FNO2/c17-14-5-3-13(4-6-14)16(7-9-20-10-8-16)11-18-15(19)12-1-2-12/h3-6,12H,1-2,7-11H2,(H,18,19). The highest BCUT2D eigenvalue weighted by molar-refractivity contribution is 5.80. The number of carbonyl (C=O) groups is 1. The van der Waals surface area contributed by atoms with Crippen molar-refractivity contribution in [3.05, 3.63) is 35.6 Å². The van der Waals surface area contributed by atoms with Gasteiger partial charge < -0.3 is 10.1 Å². The van der Waals surface area contributed by atoms with Crippen LogP contribution in [-0.2, 0) is 14.9 Å². The van der Waals surface area contributed by atoms with Gasteiger partial charge in [0.2, 0.25) is 5.91 Å². The van der Waals surface area contributed by atoms with E-state index in [4.69, 9.17) is 4.74 Å². The highest BCUT2D eigenvalue weighted by atomic mass is 19.1. The Morgan fingerprint density at radius 2 is 1.90 bits per heavy atom. The van der Waals surface area contributed by atoms with Gasteiger partial charge in [-0.1, -0.05) is 12.1 Å². The highest BCUT2D eigenvalue weighted by Gasteiger charge is 2.37. The maximum absolute atomic E-state index is 13.1. The quantitative estimate of drug-likeness (QED) is 0.917. The Morgan fingerprint density at radius 1 is 1.25 bits per heavy atom. The molecule has 20 heavy (non-hydrogen) atoms. The zero-order valence-electron chi connectivity index (χ0n) is 11.5. The number of benzene rings is 1. The lowest BCUT2D eigenvalue weighted by atomic mass is 9.74. The molecule has 4 heteroatoms. The molecular weight excluding hydrogens is 257 g/mol. The summed E-state index contributed by atoms with van der Waals surface area (Å²) in [4.78, 5) is 11.9. The lowest BCUT2D eigenvalue weighted by Gasteiger charge is -2.38. The van der Waals surface area contributed by atoms with Crippen LogP contribution in [0, 0.1) is 11.7 Å². The van der Waals surface area contributed by atoms with E-state index in [-0.39, 0.29) is 23.1 Å². The van der Waals surface area contributed by atoms with E-state index in [9.17, 15) is 9.18 Å². The van der Waals surface area contributed by atoms with Crippen LogP contribution in [0.5, 0.6) is 0 Å². The first kappa shape index (κ1) is 13.6. The summed E-state index contributed by atoms with van der Waals surface area (Å²) < 4.78 is 18.6. The van der Waals surface area contributed by atoms with Gasteiger partial charge in [0.15, 0.2) is 0 Å². The molecule has 0 bridgehead atoms. The zero-order chi connectivity index (χ0) is 14.0. The minimum absolute atomic E-state index is 0.115. The van der Waals surface area contributed by atoms with Crippen molar-refractivity contribution in [3.8, 4) is 0 Å². The van der Waals surface area contributed by atoms with Crippen molar-refractivity contribution in [2.24, 2.45) is 5.92 Å². The van der Waals surface area contributed by atoms with Crippen molar-refractivity contribution in [2.75, 3.05) is 19.8 Å². The Bertz CT molecular complexity index is 476. The number of hydrogen-bond acceptors (Lipinski definition) is 2. The maximum atomic E-state index is 13.1. The summed E-state index contributed by atoms with van der Waals surface area (Å²) >= 11 is 0. The molecule has 1 aliphatic carbocycles. The van der Waals surface area contributed by atoms with Gasteiger partial charge in [-0.3, -0.25) is 4.79 Å². The summed E-state index contributed by atoms with van der Waals surface area (Å²) in [5, 5.41) is 3.08. The molecule has 0 atom stereocenters. The first-order valence-electron chi connectivity index (χ1n) is 7.31. The molecule has 1 saturated carbocycles. The molecule has 1 aliphatic heterocycles. The molecule has 1 amide bonds. The molecule has 0 spiro atoms. The van der Waals surface area contributed by atoms with Crippen molar-refractivity contribution in [1.82, 2.24) is 5.32 Å². The minimum atomic E-state index is -0.224. The second-order valence-corrected chi connectivity index (χ2v) is 5.89. The summed E-state index contributed by atoms with van der Waals surface area (Å²) in [5.41, 5.74) is 0.981. The van der Waals surface area contributed by atoms with E-state index < -0.39 is 0 Å². The molecule has 0 radical (unpaired) electrons. The fourth-order valence-electron chi connectivity index (χ4n) is 2.88. The van der Waals surface area contributed by atoms with Crippen LogP contribution in [0.2, 0.25) is 0 Å². The number of nitrogens with one attached hydrogen (secondary N) is 1. The zero-order valence-corrected chi connectivity index (χ0v) is 11.5. The van der Waals surface area contributed by atoms with Crippen LogP contribution < -0.4 is 5.32 Å². The van der Waals surface area contributed by atoms with Gasteiger partial charge in [0.1, 0.15) is 5.82 Å². The van der Waals surface area contributed by atoms with E-state index in [0.29, 0.717) is 19.8 Å². The van der Waals surface area contributed by atoms with E-state index in [0.717, 1.165) is 31.2 Å². The van der Waals surface area contributed by atoms with Gasteiger partial charge >= 0.3 is 0 Å². The summed E-state index contributed by atoms with van der Waals surface area (Å²) in [5.74, 6) is 0.163. The molecular formula is C16H20FNO2. The van der Waals surface area contributed by atoms with Crippen LogP contribution in [0.15, 0.2) is 24.3 Å². The summed E-state index contributed by atoms with van der Waals surface area (Å²) in [7, 11) is 0. The number of rotatable bonds is 4. The SMILES string of the molecule is O=C(NCC1(c2ccc(F)cc2)CCOCC1)C1CC1. The van der Waals surface area contributed by atoms with Crippen LogP contribution in [0.25, 0.3) is 0 Å². The predicted molar refractivity (Wildman–Crippen MR) is 73.9 cm³/mol. The van der Waals surface area contributed by atoms with Gasteiger partial charge in [-0.05, 0) is 43.4 Å². The van der Waals surface area contributed by atoms with Crippen molar-refractivity contribution in [1.29, 1.82) is 0 Å². The Hall–Kier alpha value is -1.42. The average molecular weight is 277 g/mol. The lowest BCUT2D eigenvalue weighted by Crippen LogP contribution is -2.45. The Labute approximate surface area is 118 Å². The van der Waals surface area contributed by atoms with Crippen LogP contribution >= 0.6 is 0 Å². The van der Waals surface area contributed by atoms with Gasteiger partial charge in [0.25, 0.3) is 0 Å². The Morgan fingerprint density at radius 3 is 2.50 bits per heavy atom. The molecule has 0 unspecified atom stereocenters. The maximum Gasteiger partial charge on any atom is 0.223 e. The largest absolute Gasteiger partial charge is 0.381 e. The average Bonchev–Trinajstić information content (AvgIpc) is 3.31. The van der Waals surface area contributed by atoms with Crippen LogP contribution in [-0.4, -0.2) is 25.7 Å². The second-order valence-electron chi connectivity index (χ2n) is 5.89. The van der Waals surface area contributed by atoms with Crippen molar-refractivity contribution >= 4 is 5.91 Å². The van der Waals surface area contributed by atoms with Gasteiger partial charge in [-0.2, -0.15) is 0 Å². The summed E-state index contributed by atoms with van der Waals surface area (Å²) in [6, 6.07) is 6.67. The van der Waals surface area contributed by atoms with Crippen LogP contribution in [0.3, 0.4) is 0 Å². The van der Waals surface area contributed by atoms with E-state index in [1.165, 1.54) is 12.1 Å². The molecule has 3 nitrogen and oxygen atoms in total. The van der Waals surface area contributed by atoms with Crippen molar-refractivity contribution in [3.63, 3.8) is 0 Å². The molecule has 1 aromatic rings. The fraction of sp³-hybridized carbons (Fsp3) is 0.562. The summed E-state index contributed by atoms with van der Waals surface area (Å²) in [6.45, 7) is 2.00. The summed E-state index contributed by atoms with van der Waals surface area (Å²) in [6.07, 6.45) is 3.75. The van der Waals surface area contributed by atoms with Gasteiger partial charge in [0.05, 0.1) is 0 Å². The molecule has 1 aromatic carbocycles. The lowest BCUT2D eigenvalue weighted by molar-refractivity contribution is -0.122. The number of amides is 1. The molecule has 1 heterocycles. The number of hydrogen-bond donors (Lipinski definition) is 1. The molecule has 3 rings (SSSR count). The van der Waals surface area contributed by atoms with Crippen LogP contribution in [0.4, 0.5) is 4.39 Å². The first-order valence-corrected chi connectivity index (χ1v) is 7.31. The molecule has 1 N–H and O–H groups in total. The number of carbonyl (C=O) groups excluding carboxylic acids is 1. The number of ether oxygens (including phenoxy) is 1. The molecule has 108 valence electrons. The van der Waals surface area contributed by atoms with E-state index >= 15 is 0 Å². The molecule has 1 saturated heterocycles. The number of halogens is 1. The third-order valence-corrected chi connectivity index (χ3v) is 4.46. The minimum Gasteiger partial charge on any atom is -0.381 e. The molecule has 2 aliphatic rings. The topological polar surface area (TPSA) is 38.3 Å². The predicted octanol–water partition coefficient (Wildman–Crippen LogP) is 2.40. The Balaban J connectivity index is 1.76. The Kier molecular flexibility index (Phi) is 3.74. The van der Waals surface area contributed by atoms with Crippen molar-refractivity contribution < 1.29 is 13.9 Å². The normalized spacial score (nSPS) is 21.4. The van der Waals surface area contributed by atoms with E-state index in [2.05, 4.69) is 5.32 Å². The van der Waals surface area contributed by atoms with Crippen LogP contribution in [0.1, 0.15) is 31.2 Å². The third kappa shape index (κ3) is 2.85. The monoisotopic (exact) mass is 277 g/mol. The van der Waals surface area contributed by atoms with Gasteiger partial charge in [-0.25, -0.2) is 4.39 Å². The molecule has 2 fully saturated rings. The van der Waals surface area contributed by atoms with E-state index in [1.54, 1.807) is 0 Å². The second kappa shape index (κ2) is 5.52.